The molecule has 142 valence electrons. The maximum Gasteiger partial charge on any atom is 0.255 e. The topological polar surface area (TPSA) is 94.0 Å². The lowest BCUT2D eigenvalue weighted by Gasteiger charge is -2.11. The highest BCUT2D eigenvalue weighted by Gasteiger charge is 2.10. The number of aromatic nitrogens is 1. The van der Waals surface area contributed by atoms with Gasteiger partial charge in [-0.05, 0) is 64.7 Å². The molecule has 5 N–H and O–H groups in total. The molecule has 0 fully saturated rings. The molecule has 4 rings (SSSR count). The van der Waals surface area contributed by atoms with Crippen LogP contribution in [0, 0.1) is 0 Å². The molecule has 0 unspecified atom stereocenters. The summed E-state index contributed by atoms with van der Waals surface area (Å²) < 4.78 is 0. The van der Waals surface area contributed by atoms with Crippen LogP contribution in [0.2, 0.25) is 0 Å². The second kappa shape index (κ2) is 7.86. The van der Waals surface area contributed by atoms with Crippen LogP contribution in [0.15, 0.2) is 91.3 Å². The fraction of sp³-hybridized carbons (Fsp3) is 0. The van der Waals surface area contributed by atoms with E-state index in [0.29, 0.717) is 22.6 Å². The zero-order chi connectivity index (χ0) is 20.2. The lowest BCUT2D eigenvalue weighted by Crippen LogP contribution is -2.13. The number of rotatable bonds is 4. The average molecular weight is 380 g/mol. The minimum absolute atomic E-state index is 0.219. The van der Waals surface area contributed by atoms with Gasteiger partial charge in [-0.3, -0.25) is 9.78 Å². The third kappa shape index (κ3) is 4.09. The molecule has 0 saturated heterocycles. The fourth-order valence-corrected chi connectivity index (χ4v) is 3.06. The van der Waals surface area contributed by atoms with E-state index in [1.165, 1.54) is 0 Å². The van der Waals surface area contributed by atoms with E-state index in [1.807, 2.05) is 60.7 Å². The Morgan fingerprint density at radius 2 is 1.41 bits per heavy atom. The van der Waals surface area contributed by atoms with Crippen molar-refractivity contribution in [1.29, 1.82) is 0 Å². The van der Waals surface area contributed by atoms with Crippen molar-refractivity contribution in [2.75, 3.05) is 16.8 Å². The molecule has 0 radical (unpaired) electrons. The number of hydrogen-bond acceptors (Lipinski definition) is 4. The smallest absolute Gasteiger partial charge is 0.255 e. The van der Waals surface area contributed by atoms with Crippen LogP contribution in [-0.4, -0.2) is 10.9 Å². The Morgan fingerprint density at radius 3 is 2.10 bits per heavy atom. The van der Waals surface area contributed by atoms with Gasteiger partial charge in [-0.15, -0.1) is 0 Å². The van der Waals surface area contributed by atoms with Crippen molar-refractivity contribution < 1.29 is 4.79 Å². The first-order valence-electron chi connectivity index (χ1n) is 9.17. The van der Waals surface area contributed by atoms with Gasteiger partial charge in [0, 0.05) is 23.6 Å². The largest absolute Gasteiger partial charge is 0.399 e. The molecule has 0 aliphatic carbocycles. The number of nitrogens with two attached hydrogens (primary N) is 2. The normalized spacial score (nSPS) is 10.5. The molecule has 4 aromatic rings. The Bertz CT molecular complexity index is 1140. The quantitative estimate of drug-likeness (QED) is 0.442. The Morgan fingerprint density at radius 1 is 0.759 bits per heavy atom. The van der Waals surface area contributed by atoms with Gasteiger partial charge in [0.25, 0.3) is 5.91 Å². The second-order valence-corrected chi connectivity index (χ2v) is 6.70. The Labute approximate surface area is 169 Å². The van der Waals surface area contributed by atoms with E-state index in [1.54, 1.807) is 30.6 Å². The predicted octanol–water partition coefficient (Wildman–Crippen LogP) is 4.83. The predicted molar refractivity (Wildman–Crippen MR) is 118 cm³/mol. The number of carbonyl (C=O) groups excluding carboxylic acids is 1. The van der Waals surface area contributed by atoms with Crippen LogP contribution in [0.25, 0.3) is 22.3 Å². The van der Waals surface area contributed by atoms with Crippen LogP contribution in [0.5, 0.6) is 0 Å². The summed E-state index contributed by atoms with van der Waals surface area (Å²) in [6.07, 6.45) is 3.52. The maximum atomic E-state index is 12.7. The van der Waals surface area contributed by atoms with E-state index in [9.17, 15) is 4.79 Å². The van der Waals surface area contributed by atoms with E-state index in [4.69, 9.17) is 11.5 Å². The number of pyridine rings is 1. The number of benzene rings is 3. The van der Waals surface area contributed by atoms with Gasteiger partial charge in [0.1, 0.15) is 0 Å². The van der Waals surface area contributed by atoms with Crippen LogP contribution in [-0.2, 0) is 0 Å². The Hall–Kier alpha value is -4.12. The maximum absolute atomic E-state index is 12.7. The third-order valence-electron chi connectivity index (χ3n) is 4.69. The van der Waals surface area contributed by atoms with Gasteiger partial charge < -0.3 is 16.8 Å². The zero-order valence-electron chi connectivity index (χ0n) is 15.7. The Balaban J connectivity index is 1.55. The fourth-order valence-electron chi connectivity index (χ4n) is 3.06. The summed E-state index contributed by atoms with van der Waals surface area (Å²) in [7, 11) is 0. The average Bonchev–Trinajstić information content (AvgIpc) is 2.76. The zero-order valence-corrected chi connectivity index (χ0v) is 15.7. The summed E-state index contributed by atoms with van der Waals surface area (Å²) in [6, 6.07) is 24.4. The molecule has 1 aromatic heterocycles. The molecule has 1 heterocycles. The van der Waals surface area contributed by atoms with Gasteiger partial charge in [-0.2, -0.15) is 0 Å². The van der Waals surface area contributed by atoms with E-state index < -0.39 is 0 Å². The van der Waals surface area contributed by atoms with E-state index >= 15 is 0 Å². The van der Waals surface area contributed by atoms with Crippen molar-refractivity contribution in [1.82, 2.24) is 4.98 Å². The monoisotopic (exact) mass is 380 g/mol. The first-order valence-corrected chi connectivity index (χ1v) is 9.17. The Kier molecular flexibility index (Phi) is 4.95. The molecular weight excluding hydrogens is 360 g/mol. The molecule has 0 spiro atoms. The van der Waals surface area contributed by atoms with E-state index in [0.717, 1.165) is 22.3 Å². The molecule has 3 aromatic carbocycles. The molecule has 5 heteroatoms. The van der Waals surface area contributed by atoms with Crippen LogP contribution < -0.4 is 16.8 Å². The van der Waals surface area contributed by atoms with E-state index in [-0.39, 0.29) is 5.91 Å². The number of nitrogens with zero attached hydrogens (tertiary/aromatic N) is 1. The summed E-state index contributed by atoms with van der Waals surface area (Å²) in [5.41, 5.74) is 18.1. The van der Waals surface area contributed by atoms with E-state index in [2.05, 4.69) is 10.3 Å². The SMILES string of the molecule is Nc1ccc(-c2ccc(N)c(NC(=O)c3ccc(-c4cccnc4)cc3)c2)cc1. The molecule has 0 bridgehead atoms. The standard InChI is InChI=1S/C24H20N4O/c25-21-10-7-16(8-11-21)19-9-12-22(26)23(14-19)28-24(29)18-5-3-17(4-6-18)20-2-1-13-27-15-20/h1-15H,25-26H2,(H,28,29). The van der Waals surface area contributed by atoms with Gasteiger partial charge in [0.05, 0.1) is 11.4 Å². The number of amides is 1. The van der Waals surface area contributed by atoms with Crippen molar-refractivity contribution in [2.45, 2.75) is 0 Å². The molecule has 0 saturated carbocycles. The van der Waals surface area contributed by atoms with Crippen molar-refractivity contribution in [2.24, 2.45) is 0 Å². The van der Waals surface area contributed by atoms with Gasteiger partial charge in [-0.25, -0.2) is 0 Å². The summed E-state index contributed by atoms with van der Waals surface area (Å²) in [4.78, 5) is 16.8. The number of nitrogen functional groups attached to an aromatic ring is 2. The molecule has 5 nitrogen and oxygen atoms in total. The van der Waals surface area contributed by atoms with Crippen molar-refractivity contribution in [3.8, 4) is 22.3 Å². The molecule has 1 amide bonds. The highest BCUT2D eigenvalue weighted by Crippen LogP contribution is 2.28. The van der Waals surface area contributed by atoms with Crippen molar-refractivity contribution in [3.63, 3.8) is 0 Å². The second-order valence-electron chi connectivity index (χ2n) is 6.70. The summed E-state index contributed by atoms with van der Waals surface area (Å²) in [5.74, 6) is -0.219. The molecular formula is C24H20N4O. The van der Waals surface area contributed by atoms with Gasteiger partial charge in [0.2, 0.25) is 0 Å². The minimum atomic E-state index is -0.219. The molecule has 29 heavy (non-hydrogen) atoms. The summed E-state index contributed by atoms with van der Waals surface area (Å²) in [6.45, 7) is 0. The number of nitrogens with one attached hydrogen (secondary N) is 1. The minimum Gasteiger partial charge on any atom is -0.399 e. The summed E-state index contributed by atoms with van der Waals surface area (Å²) >= 11 is 0. The van der Waals surface area contributed by atoms with Crippen LogP contribution in [0.4, 0.5) is 17.1 Å². The number of anilines is 3. The first kappa shape index (κ1) is 18.3. The number of carbonyl (C=O) groups is 1. The lowest BCUT2D eigenvalue weighted by atomic mass is 10.0. The number of hydrogen-bond donors (Lipinski definition) is 3. The van der Waals surface area contributed by atoms with Crippen LogP contribution in [0.1, 0.15) is 10.4 Å². The van der Waals surface area contributed by atoms with Crippen LogP contribution >= 0.6 is 0 Å². The highest BCUT2D eigenvalue weighted by molar-refractivity contribution is 6.06. The summed E-state index contributed by atoms with van der Waals surface area (Å²) in [5, 5.41) is 2.91. The first-order chi connectivity index (χ1) is 14.1. The molecule has 0 atom stereocenters. The van der Waals surface area contributed by atoms with Gasteiger partial charge in [0.15, 0.2) is 0 Å². The van der Waals surface area contributed by atoms with Crippen LogP contribution in [0.3, 0.4) is 0 Å². The molecule has 0 aliphatic heterocycles. The van der Waals surface area contributed by atoms with Gasteiger partial charge in [-0.1, -0.05) is 36.4 Å². The lowest BCUT2D eigenvalue weighted by molar-refractivity contribution is 0.102. The third-order valence-corrected chi connectivity index (χ3v) is 4.69. The molecule has 0 aliphatic rings. The van der Waals surface area contributed by atoms with Gasteiger partial charge >= 0.3 is 0 Å². The van der Waals surface area contributed by atoms with Crippen molar-refractivity contribution in [3.05, 3.63) is 96.8 Å². The van der Waals surface area contributed by atoms with Crippen molar-refractivity contribution >= 4 is 23.0 Å². The highest BCUT2D eigenvalue weighted by atomic mass is 16.1.